The van der Waals surface area contributed by atoms with Crippen LogP contribution in [0, 0.1) is 28.1 Å². The van der Waals surface area contributed by atoms with Crippen molar-refractivity contribution in [1.29, 1.82) is 0 Å². The van der Waals surface area contributed by atoms with Crippen LogP contribution < -0.4 is 0 Å². The van der Waals surface area contributed by atoms with E-state index in [9.17, 15) is 14.4 Å². The lowest BCUT2D eigenvalue weighted by molar-refractivity contribution is -0.269. The highest BCUT2D eigenvalue weighted by atomic mass is 16.8. The van der Waals surface area contributed by atoms with Crippen LogP contribution in [-0.2, 0) is 52.3 Å². The van der Waals surface area contributed by atoms with Crippen molar-refractivity contribution in [2.75, 3.05) is 20.8 Å². The molecule has 2 aliphatic carbocycles. The Morgan fingerprint density at radius 2 is 1.69 bits per heavy atom. The Morgan fingerprint density at radius 1 is 0.923 bits per heavy atom. The number of epoxide rings is 2. The number of rotatable bonds is 3. The molecule has 0 amide bonds. The normalized spacial score (nSPS) is 59.6. The van der Waals surface area contributed by atoms with Crippen LogP contribution in [0.4, 0.5) is 0 Å². The van der Waals surface area contributed by atoms with Crippen LogP contribution in [0.25, 0.3) is 0 Å². The molecule has 0 bridgehead atoms. The van der Waals surface area contributed by atoms with Crippen molar-refractivity contribution in [3.63, 3.8) is 0 Å². The van der Waals surface area contributed by atoms with E-state index in [4.69, 9.17) is 37.9 Å². The van der Waals surface area contributed by atoms with Crippen LogP contribution in [0.1, 0.15) is 53.4 Å². The fourth-order valence-electron chi connectivity index (χ4n) is 10.8. The maximum absolute atomic E-state index is 14.5. The summed E-state index contributed by atoms with van der Waals surface area (Å²) in [6.45, 7) is 8.24. The van der Waals surface area contributed by atoms with Crippen molar-refractivity contribution in [2.45, 2.75) is 107 Å². The van der Waals surface area contributed by atoms with Crippen molar-refractivity contribution in [3.8, 4) is 0 Å². The molecule has 13 unspecified atom stereocenters. The summed E-state index contributed by atoms with van der Waals surface area (Å²) >= 11 is 0. The van der Waals surface area contributed by atoms with Crippen LogP contribution >= 0.6 is 0 Å². The molecule has 0 aromatic rings. The van der Waals surface area contributed by atoms with Crippen molar-refractivity contribution in [3.05, 3.63) is 0 Å². The van der Waals surface area contributed by atoms with E-state index in [2.05, 4.69) is 6.92 Å². The summed E-state index contributed by atoms with van der Waals surface area (Å²) in [5, 5.41) is 0. The number of ketones is 1. The maximum Gasteiger partial charge on any atom is 0.338 e. The van der Waals surface area contributed by atoms with Crippen LogP contribution in [0.5, 0.6) is 0 Å². The van der Waals surface area contributed by atoms with Gasteiger partial charge >= 0.3 is 11.9 Å². The molecule has 6 aliphatic heterocycles. The third kappa shape index (κ3) is 2.42. The van der Waals surface area contributed by atoms with E-state index in [1.807, 2.05) is 20.8 Å². The summed E-state index contributed by atoms with van der Waals surface area (Å²) in [6.07, 6.45) is -2.26. The van der Waals surface area contributed by atoms with Gasteiger partial charge < -0.3 is 37.9 Å². The van der Waals surface area contributed by atoms with Crippen molar-refractivity contribution >= 4 is 17.7 Å². The van der Waals surface area contributed by atoms with Gasteiger partial charge in [0.05, 0.1) is 23.5 Å². The molecule has 6 heterocycles. The monoisotopic (exact) mass is 548 g/mol. The second-order valence-electron chi connectivity index (χ2n) is 13.8. The number of carbonyl (C=O) groups is 3. The van der Waals surface area contributed by atoms with Crippen molar-refractivity contribution in [1.82, 2.24) is 0 Å². The summed E-state index contributed by atoms with van der Waals surface area (Å²) < 4.78 is 48.3. The average Bonchev–Trinajstić information content (AvgIpc) is 3.78. The number of hydrogen-bond donors (Lipinski definition) is 0. The zero-order chi connectivity index (χ0) is 27.5. The number of ether oxygens (including phenoxy) is 8. The first-order valence-electron chi connectivity index (χ1n) is 14.0. The summed E-state index contributed by atoms with van der Waals surface area (Å²) in [4.78, 5) is 40.5. The van der Waals surface area contributed by atoms with Gasteiger partial charge in [0.15, 0.2) is 24.3 Å². The number of carbonyl (C=O) groups excluding carboxylic acids is 3. The first-order chi connectivity index (χ1) is 18.4. The first kappa shape index (κ1) is 25.1. The second kappa shape index (κ2) is 7.04. The van der Waals surface area contributed by atoms with Gasteiger partial charge in [0.2, 0.25) is 0 Å². The SMILES string of the molecule is COC1OC(OC)C2(C3OC(=O)C4OC45C3(C)CCC3C46COC(=O)CC4OC(C)(C)C6CC(=O)C35C)OC12. The van der Waals surface area contributed by atoms with Gasteiger partial charge in [-0.2, -0.15) is 0 Å². The van der Waals surface area contributed by atoms with E-state index in [-0.39, 0.29) is 49.1 Å². The molecule has 214 valence electrons. The average molecular weight is 549 g/mol. The Bertz CT molecular complexity index is 1200. The zero-order valence-corrected chi connectivity index (χ0v) is 23.1. The minimum Gasteiger partial charge on any atom is -0.465 e. The number of cyclic esters (lactones) is 2. The first-order valence-corrected chi connectivity index (χ1v) is 14.0. The molecule has 8 aliphatic rings. The highest BCUT2D eigenvalue weighted by molar-refractivity contribution is 5.93. The summed E-state index contributed by atoms with van der Waals surface area (Å²) in [7, 11) is 3.06. The predicted molar refractivity (Wildman–Crippen MR) is 127 cm³/mol. The lowest BCUT2D eigenvalue weighted by Crippen LogP contribution is -2.75. The molecule has 8 fully saturated rings. The van der Waals surface area contributed by atoms with E-state index >= 15 is 0 Å². The molecule has 2 saturated carbocycles. The van der Waals surface area contributed by atoms with Gasteiger partial charge in [0.25, 0.3) is 0 Å². The van der Waals surface area contributed by atoms with Crippen molar-refractivity contribution < 1.29 is 52.3 Å². The van der Waals surface area contributed by atoms with Gasteiger partial charge in [-0.1, -0.05) is 6.92 Å². The Kier molecular flexibility index (Phi) is 4.54. The molecule has 0 N–H and O–H groups in total. The van der Waals surface area contributed by atoms with E-state index in [1.165, 1.54) is 14.2 Å². The fraction of sp³-hybridized carbons (Fsp3) is 0.893. The van der Waals surface area contributed by atoms with Crippen LogP contribution in [0.3, 0.4) is 0 Å². The van der Waals surface area contributed by atoms with Crippen LogP contribution in [-0.4, -0.2) is 92.3 Å². The minimum absolute atomic E-state index is 0.0609. The highest BCUT2D eigenvalue weighted by Crippen LogP contribution is 2.80. The van der Waals surface area contributed by atoms with E-state index < -0.39 is 69.9 Å². The smallest absolute Gasteiger partial charge is 0.338 e. The lowest BCUT2D eigenvalue weighted by atomic mass is 9.37. The van der Waals surface area contributed by atoms with Gasteiger partial charge in [-0.15, -0.1) is 0 Å². The molecule has 11 nitrogen and oxygen atoms in total. The molecule has 0 aromatic heterocycles. The molecule has 11 heteroatoms. The molecular weight excluding hydrogens is 512 g/mol. The van der Waals surface area contributed by atoms with Gasteiger partial charge in [-0.3, -0.25) is 9.59 Å². The van der Waals surface area contributed by atoms with Gasteiger partial charge in [-0.05, 0) is 39.5 Å². The van der Waals surface area contributed by atoms with Crippen molar-refractivity contribution in [2.24, 2.45) is 28.1 Å². The number of Topliss-reactive ketones (excluding diaryl/α,β-unsaturated/α-hetero) is 1. The highest BCUT2D eigenvalue weighted by Gasteiger charge is 2.93. The molecule has 39 heavy (non-hydrogen) atoms. The molecule has 2 spiro atoms. The van der Waals surface area contributed by atoms with E-state index in [0.29, 0.717) is 12.8 Å². The topological polar surface area (TPSA) is 132 Å². The maximum atomic E-state index is 14.5. The Hall–Kier alpha value is -1.63. The Morgan fingerprint density at radius 3 is 2.41 bits per heavy atom. The second-order valence-corrected chi connectivity index (χ2v) is 13.8. The van der Waals surface area contributed by atoms with E-state index in [0.717, 1.165) is 0 Å². The summed E-state index contributed by atoms with van der Waals surface area (Å²) in [6, 6.07) is 0. The molecular formula is C28H36O11. The Labute approximate surface area is 226 Å². The minimum atomic E-state index is -1.10. The third-order valence-electron chi connectivity index (χ3n) is 12.3. The molecule has 0 aromatic carbocycles. The lowest BCUT2D eigenvalue weighted by Gasteiger charge is -2.65. The molecule has 13 atom stereocenters. The number of methoxy groups -OCH3 is 2. The summed E-state index contributed by atoms with van der Waals surface area (Å²) in [5.74, 6) is -1.04. The Balaban J connectivity index is 1.27. The fourth-order valence-corrected chi connectivity index (χ4v) is 10.8. The van der Waals surface area contributed by atoms with Gasteiger partial charge in [-0.25, -0.2) is 4.79 Å². The quantitative estimate of drug-likeness (QED) is 0.373. The van der Waals surface area contributed by atoms with E-state index in [1.54, 1.807) is 0 Å². The number of esters is 2. The zero-order valence-electron chi connectivity index (χ0n) is 23.1. The van der Waals surface area contributed by atoms with Crippen LogP contribution in [0.15, 0.2) is 0 Å². The van der Waals surface area contributed by atoms with Crippen LogP contribution in [0.2, 0.25) is 0 Å². The third-order valence-corrected chi connectivity index (χ3v) is 12.3. The standard InChI is InChI=1S/C28H36O11/c1-23(2)13-9-14(29)25(4)12(26(13)11-34-16(30)10-15(26)37-23)7-8-24(3)21(35-19(31)17-28(24,25)39-17)27-18(38-27)20(32-5)36-22(27)33-6/h12-13,15,17-18,20-22H,7-11H2,1-6H3. The predicted octanol–water partition coefficient (Wildman–Crippen LogP) is 1.28. The largest absolute Gasteiger partial charge is 0.465 e. The van der Waals surface area contributed by atoms with Gasteiger partial charge in [0.1, 0.15) is 30.2 Å². The molecule has 0 radical (unpaired) electrons. The number of fused-ring (bicyclic) bond motifs is 2. The number of hydrogen-bond acceptors (Lipinski definition) is 11. The molecule has 6 saturated heterocycles. The summed E-state index contributed by atoms with van der Waals surface area (Å²) in [5.41, 5.74) is -5.12. The van der Waals surface area contributed by atoms with Gasteiger partial charge in [0, 0.05) is 37.4 Å². The molecule has 8 rings (SSSR count).